The Labute approximate surface area is 75.1 Å². The molecule has 0 radical (unpaired) electrons. The SMILES string of the molecule is CC(C)C1=CC(C(C)C)OC=C1. The molecule has 0 bridgehead atoms. The second kappa shape index (κ2) is 3.79. The lowest BCUT2D eigenvalue weighted by molar-refractivity contribution is 0.137. The third kappa shape index (κ3) is 2.13. The first-order valence-corrected chi connectivity index (χ1v) is 4.65. The molecular weight excluding hydrogens is 148 g/mol. The van der Waals surface area contributed by atoms with Crippen LogP contribution in [0.2, 0.25) is 0 Å². The Balaban J connectivity index is 2.69. The predicted molar refractivity (Wildman–Crippen MR) is 51.8 cm³/mol. The van der Waals surface area contributed by atoms with Crippen molar-refractivity contribution >= 4 is 0 Å². The van der Waals surface area contributed by atoms with E-state index in [-0.39, 0.29) is 6.10 Å². The van der Waals surface area contributed by atoms with E-state index in [1.54, 1.807) is 0 Å². The zero-order chi connectivity index (χ0) is 9.14. The lowest BCUT2D eigenvalue weighted by Gasteiger charge is -2.22. The van der Waals surface area contributed by atoms with Gasteiger partial charge in [0.25, 0.3) is 0 Å². The van der Waals surface area contributed by atoms with Gasteiger partial charge in [0.15, 0.2) is 0 Å². The third-order valence-corrected chi connectivity index (χ3v) is 2.18. The van der Waals surface area contributed by atoms with Gasteiger partial charge in [0, 0.05) is 0 Å². The summed E-state index contributed by atoms with van der Waals surface area (Å²) in [5.41, 5.74) is 1.39. The van der Waals surface area contributed by atoms with Crippen LogP contribution in [0.3, 0.4) is 0 Å². The number of ether oxygens (including phenoxy) is 1. The fourth-order valence-corrected chi connectivity index (χ4v) is 1.23. The van der Waals surface area contributed by atoms with Gasteiger partial charge in [-0.05, 0) is 29.6 Å². The van der Waals surface area contributed by atoms with Crippen molar-refractivity contribution in [1.29, 1.82) is 0 Å². The molecule has 0 aromatic heterocycles. The normalized spacial score (nSPS) is 22.8. The molecule has 1 rings (SSSR count). The zero-order valence-electron chi connectivity index (χ0n) is 8.37. The first-order chi connectivity index (χ1) is 5.61. The Morgan fingerprint density at radius 1 is 1.25 bits per heavy atom. The molecule has 0 fully saturated rings. The van der Waals surface area contributed by atoms with Gasteiger partial charge in [-0.15, -0.1) is 0 Å². The molecule has 12 heavy (non-hydrogen) atoms. The van der Waals surface area contributed by atoms with E-state index in [2.05, 4.69) is 39.8 Å². The molecule has 0 spiro atoms. The van der Waals surface area contributed by atoms with Crippen molar-refractivity contribution in [2.24, 2.45) is 11.8 Å². The van der Waals surface area contributed by atoms with Crippen LogP contribution < -0.4 is 0 Å². The molecule has 68 valence electrons. The minimum absolute atomic E-state index is 0.271. The van der Waals surface area contributed by atoms with Crippen LogP contribution in [0.15, 0.2) is 24.0 Å². The van der Waals surface area contributed by atoms with Crippen LogP contribution >= 0.6 is 0 Å². The van der Waals surface area contributed by atoms with E-state index in [4.69, 9.17) is 4.74 Å². The molecule has 0 aliphatic carbocycles. The van der Waals surface area contributed by atoms with E-state index in [0.29, 0.717) is 11.8 Å². The molecule has 1 heteroatoms. The first kappa shape index (κ1) is 9.37. The smallest absolute Gasteiger partial charge is 0.119 e. The molecule has 0 aromatic rings. The number of hydrogen-bond acceptors (Lipinski definition) is 1. The standard InChI is InChI=1S/C11H18O/c1-8(2)10-5-6-12-11(7-10)9(3)4/h5-9,11H,1-4H3. The highest BCUT2D eigenvalue weighted by Crippen LogP contribution is 2.21. The van der Waals surface area contributed by atoms with Crippen LogP contribution in [0.5, 0.6) is 0 Å². The summed E-state index contributed by atoms with van der Waals surface area (Å²) in [6.07, 6.45) is 6.38. The molecular formula is C11H18O. The maximum atomic E-state index is 5.46. The van der Waals surface area contributed by atoms with E-state index in [9.17, 15) is 0 Å². The van der Waals surface area contributed by atoms with Crippen LogP contribution in [0.4, 0.5) is 0 Å². The second-order valence-corrected chi connectivity index (χ2v) is 3.97. The van der Waals surface area contributed by atoms with Crippen LogP contribution in [0, 0.1) is 11.8 Å². The van der Waals surface area contributed by atoms with Crippen LogP contribution in [0.25, 0.3) is 0 Å². The summed E-state index contributed by atoms with van der Waals surface area (Å²) in [4.78, 5) is 0. The molecule has 1 nitrogen and oxygen atoms in total. The van der Waals surface area contributed by atoms with Crippen molar-refractivity contribution in [3.05, 3.63) is 24.0 Å². The van der Waals surface area contributed by atoms with Gasteiger partial charge < -0.3 is 4.74 Å². The maximum absolute atomic E-state index is 5.46. The molecule has 0 amide bonds. The highest BCUT2D eigenvalue weighted by molar-refractivity contribution is 5.23. The van der Waals surface area contributed by atoms with Crippen molar-refractivity contribution in [3.63, 3.8) is 0 Å². The average Bonchev–Trinajstić information content (AvgIpc) is 2.04. The van der Waals surface area contributed by atoms with Crippen LogP contribution in [0.1, 0.15) is 27.7 Å². The van der Waals surface area contributed by atoms with Crippen molar-refractivity contribution < 1.29 is 4.74 Å². The summed E-state index contributed by atoms with van der Waals surface area (Å²) in [7, 11) is 0. The monoisotopic (exact) mass is 166 g/mol. The van der Waals surface area contributed by atoms with Crippen molar-refractivity contribution in [1.82, 2.24) is 0 Å². The van der Waals surface area contributed by atoms with Gasteiger partial charge >= 0.3 is 0 Å². The molecule has 0 saturated carbocycles. The molecule has 1 aliphatic heterocycles. The summed E-state index contributed by atoms with van der Waals surface area (Å²) in [5, 5.41) is 0. The maximum Gasteiger partial charge on any atom is 0.119 e. The Hall–Kier alpha value is -0.720. The van der Waals surface area contributed by atoms with E-state index in [0.717, 1.165) is 0 Å². The molecule has 1 aliphatic rings. The summed E-state index contributed by atoms with van der Waals surface area (Å²) < 4.78 is 5.46. The van der Waals surface area contributed by atoms with Crippen molar-refractivity contribution in [2.45, 2.75) is 33.8 Å². The van der Waals surface area contributed by atoms with Gasteiger partial charge in [-0.2, -0.15) is 0 Å². The Bertz CT molecular complexity index is 199. The lowest BCUT2D eigenvalue weighted by atomic mass is 9.96. The lowest BCUT2D eigenvalue weighted by Crippen LogP contribution is -2.18. The molecule has 0 aromatic carbocycles. The summed E-state index contributed by atoms with van der Waals surface area (Å²) in [6, 6.07) is 0. The van der Waals surface area contributed by atoms with E-state index < -0.39 is 0 Å². The number of hydrogen-bond donors (Lipinski definition) is 0. The van der Waals surface area contributed by atoms with Crippen molar-refractivity contribution in [3.8, 4) is 0 Å². The van der Waals surface area contributed by atoms with E-state index in [1.165, 1.54) is 5.57 Å². The minimum Gasteiger partial charge on any atom is -0.494 e. The van der Waals surface area contributed by atoms with Gasteiger partial charge in [0.1, 0.15) is 6.10 Å². The molecule has 0 N–H and O–H groups in total. The fourth-order valence-electron chi connectivity index (χ4n) is 1.23. The second-order valence-electron chi connectivity index (χ2n) is 3.97. The summed E-state index contributed by atoms with van der Waals surface area (Å²) in [5.74, 6) is 1.16. The van der Waals surface area contributed by atoms with Crippen LogP contribution in [-0.2, 0) is 4.74 Å². The number of rotatable bonds is 2. The van der Waals surface area contributed by atoms with Gasteiger partial charge in [0.05, 0.1) is 6.26 Å². The molecule has 1 heterocycles. The van der Waals surface area contributed by atoms with Gasteiger partial charge in [0.2, 0.25) is 0 Å². The Morgan fingerprint density at radius 2 is 1.92 bits per heavy atom. The average molecular weight is 166 g/mol. The summed E-state index contributed by atoms with van der Waals surface area (Å²) >= 11 is 0. The largest absolute Gasteiger partial charge is 0.494 e. The Morgan fingerprint density at radius 3 is 2.42 bits per heavy atom. The van der Waals surface area contributed by atoms with Gasteiger partial charge in [-0.1, -0.05) is 27.7 Å². The quantitative estimate of drug-likeness (QED) is 0.612. The topological polar surface area (TPSA) is 9.23 Å². The fraction of sp³-hybridized carbons (Fsp3) is 0.636. The summed E-state index contributed by atoms with van der Waals surface area (Å²) in [6.45, 7) is 8.77. The molecule has 1 atom stereocenters. The highest BCUT2D eigenvalue weighted by Gasteiger charge is 2.15. The Kier molecular flexibility index (Phi) is 2.96. The van der Waals surface area contributed by atoms with Gasteiger partial charge in [-0.3, -0.25) is 0 Å². The highest BCUT2D eigenvalue weighted by atomic mass is 16.5. The van der Waals surface area contributed by atoms with Gasteiger partial charge in [-0.25, -0.2) is 0 Å². The predicted octanol–water partition coefficient (Wildman–Crippen LogP) is 3.14. The number of allylic oxidation sites excluding steroid dienone is 2. The zero-order valence-corrected chi connectivity index (χ0v) is 8.37. The first-order valence-electron chi connectivity index (χ1n) is 4.65. The van der Waals surface area contributed by atoms with Crippen LogP contribution in [-0.4, -0.2) is 6.10 Å². The third-order valence-electron chi connectivity index (χ3n) is 2.18. The van der Waals surface area contributed by atoms with E-state index in [1.807, 2.05) is 6.26 Å². The van der Waals surface area contributed by atoms with Crippen molar-refractivity contribution in [2.75, 3.05) is 0 Å². The van der Waals surface area contributed by atoms with E-state index >= 15 is 0 Å². The minimum atomic E-state index is 0.271. The molecule has 0 saturated heterocycles. The molecule has 1 unspecified atom stereocenters.